The van der Waals surface area contributed by atoms with Crippen molar-refractivity contribution in [1.82, 2.24) is 5.32 Å². The SMILES string of the molecule is C#CC(CCC)NC(=O)C(C)(N)c1ccccc1. The molecule has 0 aliphatic carbocycles. The lowest BCUT2D eigenvalue weighted by Gasteiger charge is -2.26. The van der Waals surface area contributed by atoms with Crippen LogP contribution in [0.1, 0.15) is 32.3 Å². The van der Waals surface area contributed by atoms with Crippen molar-refractivity contribution in [2.45, 2.75) is 38.3 Å². The van der Waals surface area contributed by atoms with E-state index in [-0.39, 0.29) is 11.9 Å². The maximum absolute atomic E-state index is 12.2. The lowest BCUT2D eigenvalue weighted by atomic mass is 9.92. The van der Waals surface area contributed by atoms with Crippen LogP contribution in [0.3, 0.4) is 0 Å². The molecule has 1 amide bonds. The number of nitrogens with two attached hydrogens (primary N) is 1. The summed E-state index contributed by atoms with van der Waals surface area (Å²) in [6.45, 7) is 3.71. The quantitative estimate of drug-likeness (QED) is 0.776. The molecule has 3 N–H and O–H groups in total. The molecule has 1 aromatic carbocycles. The number of terminal acetylenes is 1. The van der Waals surface area contributed by atoms with E-state index in [1.807, 2.05) is 37.3 Å². The highest BCUT2D eigenvalue weighted by atomic mass is 16.2. The number of hydrogen-bond acceptors (Lipinski definition) is 2. The molecular formula is C15H20N2O. The molecule has 2 unspecified atom stereocenters. The summed E-state index contributed by atoms with van der Waals surface area (Å²) in [6, 6.07) is 9.03. The van der Waals surface area contributed by atoms with E-state index < -0.39 is 5.54 Å². The third-order valence-electron chi connectivity index (χ3n) is 2.93. The minimum Gasteiger partial charge on any atom is -0.341 e. The smallest absolute Gasteiger partial charge is 0.245 e. The molecule has 0 saturated carbocycles. The Labute approximate surface area is 109 Å². The molecule has 2 atom stereocenters. The second-order valence-electron chi connectivity index (χ2n) is 4.55. The third kappa shape index (κ3) is 3.35. The number of carbonyl (C=O) groups is 1. The molecule has 3 heteroatoms. The van der Waals surface area contributed by atoms with Crippen LogP contribution in [0.25, 0.3) is 0 Å². The van der Waals surface area contributed by atoms with E-state index >= 15 is 0 Å². The first-order chi connectivity index (χ1) is 8.52. The molecule has 0 aromatic heterocycles. The Hall–Kier alpha value is -1.79. The first-order valence-electron chi connectivity index (χ1n) is 6.13. The van der Waals surface area contributed by atoms with E-state index in [9.17, 15) is 4.79 Å². The fraction of sp³-hybridized carbons (Fsp3) is 0.400. The van der Waals surface area contributed by atoms with Gasteiger partial charge in [-0.1, -0.05) is 49.6 Å². The summed E-state index contributed by atoms with van der Waals surface area (Å²) in [6.07, 6.45) is 7.06. The van der Waals surface area contributed by atoms with Crippen molar-refractivity contribution in [2.75, 3.05) is 0 Å². The minimum absolute atomic E-state index is 0.245. The average molecular weight is 244 g/mol. The maximum atomic E-state index is 12.2. The van der Waals surface area contributed by atoms with Crippen molar-refractivity contribution in [2.24, 2.45) is 5.73 Å². The van der Waals surface area contributed by atoms with Gasteiger partial charge in [0.05, 0.1) is 6.04 Å². The molecule has 0 saturated heterocycles. The fourth-order valence-corrected chi connectivity index (χ4v) is 1.71. The van der Waals surface area contributed by atoms with Gasteiger partial charge in [-0.15, -0.1) is 6.42 Å². The Morgan fingerprint density at radius 3 is 2.61 bits per heavy atom. The lowest BCUT2D eigenvalue weighted by Crippen LogP contribution is -2.51. The molecule has 1 rings (SSSR count). The molecule has 0 heterocycles. The van der Waals surface area contributed by atoms with E-state index in [0.717, 1.165) is 18.4 Å². The second-order valence-corrected chi connectivity index (χ2v) is 4.55. The normalized spacial score (nSPS) is 15.2. The van der Waals surface area contributed by atoms with Crippen LogP contribution in [0.15, 0.2) is 30.3 Å². The number of hydrogen-bond donors (Lipinski definition) is 2. The van der Waals surface area contributed by atoms with Crippen LogP contribution in [0, 0.1) is 12.3 Å². The number of benzene rings is 1. The highest BCUT2D eigenvalue weighted by molar-refractivity contribution is 5.87. The molecular weight excluding hydrogens is 224 g/mol. The highest BCUT2D eigenvalue weighted by Crippen LogP contribution is 2.17. The van der Waals surface area contributed by atoms with Gasteiger partial charge in [0, 0.05) is 0 Å². The van der Waals surface area contributed by atoms with Crippen molar-refractivity contribution >= 4 is 5.91 Å². The first kappa shape index (κ1) is 14.3. The number of rotatable bonds is 5. The Kier molecular flexibility index (Phi) is 4.94. The van der Waals surface area contributed by atoms with Crippen LogP contribution < -0.4 is 11.1 Å². The fourth-order valence-electron chi connectivity index (χ4n) is 1.71. The molecule has 1 aromatic rings. The summed E-state index contributed by atoms with van der Waals surface area (Å²) in [5.41, 5.74) is 5.81. The average Bonchev–Trinajstić information content (AvgIpc) is 2.39. The standard InChI is InChI=1S/C15H20N2O/c1-4-9-13(5-2)17-14(18)15(3,16)12-10-7-6-8-11-12/h2,6-8,10-11,13H,4,9,16H2,1,3H3,(H,17,18). The van der Waals surface area contributed by atoms with Gasteiger partial charge in [0.15, 0.2) is 0 Å². The van der Waals surface area contributed by atoms with Crippen LogP contribution >= 0.6 is 0 Å². The van der Waals surface area contributed by atoms with Gasteiger partial charge in [-0.2, -0.15) is 0 Å². The molecule has 3 nitrogen and oxygen atoms in total. The van der Waals surface area contributed by atoms with Crippen LogP contribution in [-0.4, -0.2) is 11.9 Å². The van der Waals surface area contributed by atoms with Crippen LogP contribution in [0.2, 0.25) is 0 Å². The van der Waals surface area contributed by atoms with Crippen molar-refractivity contribution < 1.29 is 4.79 Å². The Morgan fingerprint density at radius 2 is 2.11 bits per heavy atom. The van der Waals surface area contributed by atoms with Gasteiger partial charge in [-0.3, -0.25) is 4.79 Å². The summed E-state index contributed by atoms with van der Waals surface area (Å²) in [5.74, 6) is 2.32. The second kappa shape index (κ2) is 6.23. The summed E-state index contributed by atoms with van der Waals surface area (Å²) >= 11 is 0. The molecule has 96 valence electrons. The molecule has 0 aliphatic heterocycles. The Morgan fingerprint density at radius 1 is 1.50 bits per heavy atom. The zero-order chi connectivity index (χ0) is 13.6. The van der Waals surface area contributed by atoms with E-state index in [0.29, 0.717) is 0 Å². The molecule has 18 heavy (non-hydrogen) atoms. The molecule has 0 radical (unpaired) electrons. The summed E-state index contributed by atoms with van der Waals surface area (Å²) < 4.78 is 0. The molecule has 0 fully saturated rings. The molecule has 0 aliphatic rings. The van der Waals surface area contributed by atoms with Crippen molar-refractivity contribution in [3.8, 4) is 12.3 Å². The first-order valence-corrected chi connectivity index (χ1v) is 6.13. The topological polar surface area (TPSA) is 55.1 Å². The van der Waals surface area contributed by atoms with Gasteiger partial charge in [0.1, 0.15) is 5.54 Å². The summed E-state index contributed by atoms with van der Waals surface area (Å²) in [4.78, 5) is 12.2. The summed E-state index contributed by atoms with van der Waals surface area (Å²) in [5, 5.41) is 2.81. The largest absolute Gasteiger partial charge is 0.341 e. The Balaban J connectivity index is 2.80. The monoisotopic (exact) mass is 244 g/mol. The zero-order valence-electron chi connectivity index (χ0n) is 10.9. The van der Waals surface area contributed by atoms with Gasteiger partial charge in [0.2, 0.25) is 5.91 Å². The Bertz CT molecular complexity index is 432. The van der Waals surface area contributed by atoms with E-state index in [1.54, 1.807) is 6.92 Å². The van der Waals surface area contributed by atoms with Gasteiger partial charge in [-0.25, -0.2) is 0 Å². The summed E-state index contributed by atoms with van der Waals surface area (Å²) in [7, 11) is 0. The van der Waals surface area contributed by atoms with E-state index in [1.165, 1.54) is 0 Å². The van der Waals surface area contributed by atoms with Crippen molar-refractivity contribution in [3.05, 3.63) is 35.9 Å². The van der Waals surface area contributed by atoms with E-state index in [4.69, 9.17) is 12.2 Å². The zero-order valence-corrected chi connectivity index (χ0v) is 10.9. The number of nitrogens with one attached hydrogen (secondary N) is 1. The minimum atomic E-state index is -1.07. The van der Waals surface area contributed by atoms with Gasteiger partial charge >= 0.3 is 0 Å². The van der Waals surface area contributed by atoms with E-state index in [2.05, 4.69) is 11.2 Å². The molecule has 0 spiro atoms. The highest BCUT2D eigenvalue weighted by Gasteiger charge is 2.31. The number of amides is 1. The maximum Gasteiger partial charge on any atom is 0.245 e. The van der Waals surface area contributed by atoms with Gasteiger partial charge in [0.25, 0.3) is 0 Å². The van der Waals surface area contributed by atoms with Gasteiger partial charge in [-0.05, 0) is 18.9 Å². The predicted octanol–water partition coefficient (Wildman–Crippen LogP) is 1.78. The van der Waals surface area contributed by atoms with Crippen LogP contribution in [0.5, 0.6) is 0 Å². The third-order valence-corrected chi connectivity index (χ3v) is 2.93. The molecule has 0 bridgehead atoms. The lowest BCUT2D eigenvalue weighted by molar-refractivity contribution is -0.126. The van der Waals surface area contributed by atoms with Crippen molar-refractivity contribution in [3.63, 3.8) is 0 Å². The van der Waals surface area contributed by atoms with Crippen LogP contribution in [0.4, 0.5) is 0 Å². The van der Waals surface area contributed by atoms with Crippen molar-refractivity contribution in [1.29, 1.82) is 0 Å². The predicted molar refractivity (Wildman–Crippen MR) is 73.7 cm³/mol. The number of carbonyl (C=O) groups excluding carboxylic acids is 1. The van der Waals surface area contributed by atoms with Gasteiger partial charge < -0.3 is 11.1 Å². The van der Waals surface area contributed by atoms with Crippen LogP contribution in [-0.2, 0) is 10.3 Å².